The van der Waals surface area contributed by atoms with E-state index in [9.17, 15) is 0 Å². The minimum Gasteiger partial charge on any atom is -0.491 e. The Morgan fingerprint density at radius 1 is 1.30 bits per heavy atom. The van der Waals surface area contributed by atoms with Crippen molar-refractivity contribution in [3.63, 3.8) is 0 Å². The van der Waals surface area contributed by atoms with E-state index >= 15 is 0 Å². The number of hydrogen-bond acceptors (Lipinski definition) is 2. The highest BCUT2D eigenvalue weighted by molar-refractivity contribution is 5.31. The fourth-order valence-corrected chi connectivity index (χ4v) is 3.63. The van der Waals surface area contributed by atoms with Crippen molar-refractivity contribution < 1.29 is 4.74 Å². The summed E-state index contributed by atoms with van der Waals surface area (Å²) >= 11 is 0. The Morgan fingerprint density at radius 3 is 2.60 bits per heavy atom. The van der Waals surface area contributed by atoms with Gasteiger partial charge in [0.25, 0.3) is 0 Å². The molecular formula is C18H29NO. The van der Waals surface area contributed by atoms with E-state index < -0.39 is 0 Å². The van der Waals surface area contributed by atoms with Crippen LogP contribution in [0.15, 0.2) is 24.3 Å². The van der Waals surface area contributed by atoms with E-state index in [2.05, 4.69) is 64.3 Å². The van der Waals surface area contributed by atoms with Gasteiger partial charge in [-0.05, 0) is 62.8 Å². The normalized spacial score (nSPS) is 23.0. The maximum atomic E-state index is 5.84. The molecule has 2 atom stereocenters. The van der Waals surface area contributed by atoms with Crippen LogP contribution in [-0.4, -0.2) is 13.2 Å². The summed E-state index contributed by atoms with van der Waals surface area (Å²) in [4.78, 5) is 0. The second-order valence-electron chi connectivity index (χ2n) is 6.99. The van der Waals surface area contributed by atoms with Crippen molar-refractivity contribution in [2.75, 3.05) is 7.05 Å². The van der Waals surface area contributed by atoms with Crippen molar-refractivity contribution in [1.29, 1.82) is 0 Å². The minimum atomic E-state index is 0.223. The van der Waals surface area contributed by atoms with Crippen molar-refractivity contribution in [1.82, 2.24) is 5.32 Å². The van der Waals surface area contributed by atoms with Crippen molar-refractivity contribution >= 4 is 0 Å². The van der Waals surface area contributed by atoms with E-state index in [0.717, 1.165) is 5.75 Å². The van der Waals surface area contributed by atoms with Gasteiger partial charge in [-0.15, -0.1) is 0 Å². The van der Waals surface area contributed by atoms with Gasteiger partial charge in [0.1, 0.15) is 5.75 Å². The lowest BCUT2D eigenvalue weighted by atomic mass is 9.75. The van der Waals surface area contributed by atoms with E-state index in [1.807, 2.05) is 0 Å². The van der Waals surface area contributed by atoms with Gasteiger partial charge in [-0.25, -0.2) is 0 Å². The van der Waals surface area contributed by atoms with Crippen LogP contribution in [0.1, 0.15) is 58.6 Å². The summed E-state index contributed by atoms with van der Waals surface area (Å²) in [5.74, 6) is 1.68. The van der Waals surface area contributed by atoms with E-state index in [1.54, 1.807) is 0 Å². The lowest BCUT2D eigenvalue weighted by Gasteiger charge is -2.34. The molecule has 1 aliphatic rings. The molecule has 20 heavy (non-hydrogen) atoms. The van der Waals surface area contributed by atoms with Crippen molar-refractivity contribution in [3.8, 4) is 5.75 Å². The largest absolute Gasteiger partial charge is 0.491 e. The molecule has 1 aromatic rings. The molecule has 1 aromatic carbocycles. The number of rotatable bonds is 5. The van der Waals surface area contributed by atoms with Gasteiger partial charge < -0.3 is 10.1 Å². The fourth-order valence-electron chi connectivity index (χ4n) is 3.63. The maximum absolute atomic E-state index is 5.84. The standard InChI is InChI=1S/C18H29NO/c1-13(2)20-15-9-6-8-14(12-15)17(19-5)16-10-7-11-18(16,3)4/h6,8-9,12-13,16-17,19H,7,10-11H2,1-5H3. The van der Waals surface area contributed by atoms with Crippen molar-refractivity contribution in [3.05, 3.63) is 29.8 Å². The van der Waals surface area contributed by atoms with Gasteiger partial charge in [0.2, 0.25) is 0 Å². The van der Waals surface area contributed by atoms with Crippen LogP contribution in [0.25, 0.3) is 0 Å². The zero-order valence-corrected chi connectivity index (χ0v) is 13.6. The van der Waals surface area contributed by atoms with Crippen LogP contribution in [0.2, 0.25) is 0 Å². The quantitative estimate of drug-likeness (QED) is 0.850. The summed E-state index contributed by atoms with van der Waals surface area (Å²) in [5, 5.41) is 3.54. The van der Waals surface area contributed by atoms with Crippen molar-refractivity contribution in [2.45, 2.75) is 59.1 Å². The molecule has 0 bridgehead atoms. The Kier molecular flexibility index (Phi) is 4.74. The summed E-state index contributed by atoms with van der Waals surface area (Å²) in [6, 6.07) is 9.01. The average molecular weight is 275 g/mol. The van der Waals surface area contributed by atoms with Crippen molar-refractivity contribution in [2.24, 2.45) is 11.3 Å². The van der Waals surface area contributed by atoms with Crippen LogP contribution < -0.4 is 10.1 Å². The second-order valence-corrected chi connectivity index (χ2v) is 6.99. The first-order valence-electron chi connectivity index (χ1n) is 7.88. The first-order chi connectivity index (χ1) is 9.44. The molecule has 2 heteroatoms. The molecule has 0 spiro atoms. The molecule has 1 aliphatic carbocycles. The zero-order chi connectivity index (χ0) is 14.8. The lowest BCUT2D eigenvalue weighted by Crippen LogP contribution is -2.32. The first-order valence-corrected chi connectivity index (χ1v) is 7.88. The van der Waals surface area contributed by atoms with E-state index in [1.165, 1.54) is 24.8 Å². The second kappa shape index (κ2) is 6.17. The summed E-state index contributed by atoms with van der Waals surface area (Å²) < 4.78 is 5.84. The molecule has 0 aromatic heterocycles. The van der Waals surface area contributed by atoms with Crippen LogP contribution in [0.3, 0.4) is 0 Å². The van der Waals surface area contributed by atoms with Gasteiger partial charge in [-0.1, -0.05) is 32.4 Å². The Balaban J connectivity index is 2.23. The van der Waals surface area contributed by atoms with Gasteiger partial charge in [0.05, 0.1) is 6.10 Å². The summed E-state index contributed by atoms with van der Waals surface area (Å²) in [6.45, 7) is 8.96. The van der Waals surface area contributed by atoms with Crippen LogP contribution in [0.5, 0.6) is 5.75 Å². The highest BCUT2D eigenvalue weighted by atomic mass is 16.5. The topological polar surface area (TPSA) is 21.3 Å². The van der Waals surface area contributed by atoms with E-state index in [-0.39, 0.29) is 6.10 Å². The van der Waals surface area contributed by atoms with Gasteiger partial charge in [0.15, 0.2) is 0 Å². The molecule has 0 aliphatic heterocycles. The fraction of sp³-hybridized carbons (Fsp3) is 0.667. The zero-order valence-electron chi connectivity index (χ0n) is 13.6. The number of benzene rings is 1. The molecule has 0 amide bonds. The van der Waals surface area contributed by atoms with Crippen LogP contribution in [-0.2, 0) is 0 Å². The van der Waals surface area contributed by atoms with Crippen LogP contribution in [0.4, 0.5) is 0 Å². The molecule has 1 fully saturated rings. The van der Waals surface area contributed by atoms with Gasteiger partial charge in [0, 0.05) is 6.04 Å². The SMILES string of the molecule is CNC(c1cccc(OC(C)C)c1)C1CCCC1(C)C. The van der Waals surface area contributed by atoms with Gasteiger partial charge in [-0.3, -0.25) is 0 Å². The highest BCUT2D eigenvalue weighted by Gasteiger charge is 2.39. The van der Waals surface area contributed by atoms with E-state index in [0.29, 0.717) is 17.4 Å². The predicted molar refractivity (Wildman–Crippen MR) is 85.1 cm³/mol. The van der Waals surface area contributed by atoms with E-state index in [4.69, 9.17) is 4.74 Å². The summed E-state index contributed by atoms with van der Waals surface area (Å²) in [6.07, 6.45) is 4.21. The smallest absolute Gasteiger partial charge is 0.120 e. The molecule has 1 saturated carbocycles. The average Bonchev–Trinajstić information content (AvgIpc) is 2.70. The summed E-state index contributed by atoms with van der Waals surface area (Å²) in [5.41, 5.74) is 1.77. The molecule has 112 valence electrons. The number of nitrogens with one attached hydrogen (secondary N) is 1. The number of hydrogen-bond donors (Lipinski definition) is 1. The Morgan fingerprint density at radius 2 is 2.05 bits per heavy atom. The molecule has 2 rings (SSSR count). The molecule has 2 nitrogen and oxygen atoms in total. The Labute approximate surface area is 123 Å². The Bertz CT molecular complexity index is 439. The molecular weight excluding hydrogens is 246 g/mol. The highest BCUT2D eigenvalue weighted by Crippen LogP contribution is 2.48. The van der Waals surface area contributed by atoms with Crippen LogP contribution in [0, 0.1) is 11.3 Å². The Hall–Kier alpha value is -1.02. The number of ether oxygens (including phenoxy) is 1. The third kappa shape index (κ3) is 3.35. The third-order valence-corrected chi connectivity index (χ3v) is 4.64. The first kappa shape index (κ1) is 15.4. The molecule has 1 N–H and O–H groups in total. The summed E-state index contributed by atoms with van der Waals surface area (Å²) in [7, 11) is 2.08. The lowest BCUT2D eigenvalue weighted by molar-refractivity contribution is 0.202. The molecule has 0 radical (unpaired) electrons. The molecule has 0 saturated heterocycles. The van der Waals surface area contributed by atoms with Gasteiger partial charge in [-0.2, -0.15) is 0 Å². The maximum Gasteiger partial charge on any atom is 0.120 e. The minimum absolute atomic E-state index is 0.223. The molecule has 2 unspecified atom stereocenters. The predicted octanol–water partition coefficient (Wildman–Crippen LogP) is 4.56. The van der Waals surface area contributed by atoms with Crippen LogP contribution >= 0.6 is 0 Å². The monoisotopic (exact) mass is 275 g/mol. The third-order valence-electron chi connectivity index (χ3n) is 4.64. The molecule has 0 heterocycles. The van der Waals surface area contributed by atoms with Gasteiger partial charge >= 0.3 is 0 Å².